The Morgan fingerprint density at radius 3 is 2.45 bits per heavy atom. The highest BCUT2D eigenvalue weighted by atomic mass is 16.4. The third kappa shape index (κ3) is 3.42. The fourth-order valence-electron chi connectivity index (χ4n) is 2.60. The SMILES string of the molecule is CC(C)CN1CCN(c2ccc(O)c(C(=O)O)c2)CC1. The van der Waals surface area contributed by atoms with E-state index in [0.29, 0.717) is 5.92 Å². The number of carboxylic acids is 1. The molecule has 0 amide bonds. The Morgan fingerprint density at radius 1 is 1.25 bits per heavy atom. The fraction of sp³-hybridized carbons (Fsp3) is 0.533. The summed E-state index contributed by atoms with van der Waals surface area (Å²) < 4.78 is 0. The highest BCUT2D eigenvalue weighted by molar-refractivity contribution is 5.92. The normalized spacial score (nSPS) is 16.6. The number of carbonyl (C=O) groups is 1. The number of benzene rings is 1. The van der Waals surface area contributed by atoms with Gasteiger partial charge in [-0.15, -0.1) is 0 Å². The number of phenols is 1. The Kier molecular flexibility index (Phi) is 4.49. The van der Waals surface area contributed by atoms with Gasteiger partial charge in [0, 0.05) is 38.4 Å². The third-order valence-electron chi connectivity index (χ3n) is 3.57. The molecule has 2 rings (SSSR count). The molecular weight excluding hydrogens is 256 g/mol. The quantitative estimate of drug-likeness (QED) is 0.880. The van der Waals surface area contributed by atoms with Crippen molar-refractivity contribution in [2.24, 2.45) is 5.92 Å². The lowest BCUT2D eigenvalue weighted by atomic mass is 10.1. The molecule has 0 atom stereocenters. The maximum absolute atomic E-state index is 11.0. The van der Waals surface area contributed by atoms with E-state index in [1.807, 2.05) is 0 Å². The second kappa shape index (κ2) is 6.13. The molecule has 5 nitrogen and oxygen atoms in total. The Balaban J connectivity index is 2.03. The highest BCUT2D eigenvalue weighted by Gasteiger charge is 2.19. The van der Waals surface area contributed by atoms with E-state index < -0.39 is 5.97 Å². The van der Waals surface area contributed by atoms with Gasteiger partial charge in [0.15, 0.2) is 0 Å². The molecule has 1 heterocycles. The van der Waals surface area contributed by atoms with E-state index in [9.17, 15) is 9.90 Å². The number of piperazine rings is 1. The zero-order valence-electron chi connectivity index (χ0n) is 12.0. The molecule has 1 aromatic carbocycles. The first kappa shape index (κ1) is 14.7. The van der Waals surface area contributed by atoms with E-state index in [1.165, 1.54) is 6.07 Å². The molecule has 2 N–H and O–H groups in total. The van der Waals surface area contributed by atoms with Crippen molar-refractivity contribution in [1.82, 2.24) is 4.90 Å². The molecule has 20 heavy (non-hydrogen) atoms. The third-order valence-corrected chi connectivity index (χ3v) is 3.57. The zero-order valence-corrected chi connectivity index (χ0v) is 12.0. The summed E-state index contributed by atoms with van der Waals surface area (Å²) in [6, 6.07) is 4.79. The van der Waals surface area contributed by atoms with Crippen LogP contribution in [-0.2, 0) is 0 Å². The summed E-state index contributed by atoms with van der Waals surface area (Å²) >= 11 is 0. The Labute approximate surface area is 119 Å². The van der Waals surface area contributed by atoms with Crippen LogP contribution in [0.1, 0.15) is 24.2 Å². The van der Waals surface area contributed by atoms with Gasteiger partial charge in [-0.1, -0.05) is 13.8 Å². The van der Waals surface area contributed by atoms with Crippen molar-refractivity contribution in [1.29, 1.82) is 0 Å². The first-order valence-electron chi connectivity index (χ1n) is 7.01. The van der Waals surface area contributed by atoms with Crippen LogP contribution >= 0.6 is 0 Å². The van der Waals surface area contributed by atoms with E-state index in [2.05, 4.69) is 23.6 Å². The van der Waals surface area contributed by atoms with E-state index in [-0.39, 0.29) is 11.3 Å². The first-order valence-corrected chi connectivity index (χ1v) is 7.01. The van der Waals surface area contributed by atoms with Crippen LogP contribution in [0.15, 0.2) is 18.2 Å². The number of hydrogen-bond acceptors (Lipinski definition) is 4. The average Bonchev–Trinajstić information content (AvgIpc) is 2.39. The lowest BCUT2D eigenvalue weighted by molar-refractivity contribution is 0.0693. The van der Waals surface area contributed by atoms with Gasteiger partial charge in [-0.2, -0.15) is 0 Å². The van der Waals surface area contributed by atoms with E-state index in [0.717, 1.165) is 38.4 Å². The molecule has 0 saturated carbocycles. The van der Waals surface area contributed by atoms with Crippen LogP contribution < -0.4 is 4.90 Å². The second-order valence-electron chi connectivity index (χ2n) is 5.69. The molecule has 1 aromatic rings. The van der Waals surface area contributed by atoms with Crippen molar-refractivity contribution in [3.05, 3.63) is 23.8 Å². The van der Waals surface area contributed by atoms with E-state index >= 15 is 0 Å². The predicted molar refractivity (Wildman–Crippen MR) is 78.6 cm³/mol. The summed E-state index contributed by atoms with van der Waals surface area (Å²) in [6.45, 7) is 9.27. The molecule has 1 aliphatic rings. The zero-order chi connectivity index (χ0) is 14.7. The highest BCUT2D eigenvalue weighted by Crippen LogP contribution is 2.25. The van der Waals surface area contributed by atoms with Gasteiger partial charge in [0.1, 0.15) is 11.3 Å². The average molecular weight is 278 g/mol. The lowest BCUT2D eigenvalue weighted by Gasteiger charge is -2.37. The molecule has 1 aliphatic heterocycles. The number of hydrogen-bond donors (Lipinski definition) is 2. The number of carboxylic acid groups (broad SMARTS) is 1. The van der Waals surface area contributed by atoms with Crippen LogP contribution in [0.25, 0.3) is 0 Å². The van der Waals surface area contributed by atoms with Crippen LogP contribution in [0.5, 0.6) is 5.75 Å². The van der Waals surface area contributed by atoms with Gasteiger partial charge in [-0.25, -0.2) is 4.79 Å². The summed E-state index contributed by atoms with van der Waals surface area (Å²) in [5.74, 6) is -0.615. The minimum atomic E-state index is -1.09. The summed E-state index contributed by atoms with van der Waals surface area (Å²) in [4.78, 5) is 15.6. The number of rotatable bonds is 4. The van der Waals surface area contributed by atoms with Gasteiger partial charge >= 0.3 is 5.97 Å². The summed E-state index contributed by atoms with van der Waals surface area (Å²) in [7, 11) is 0. The fourth-order valence-corrected chi connectivity index (χ4v) is 2.60. The number of anilines is 1. The van der Waals surface area contributed by atoms with Gasteiger partial charge in [-0.05, 0) is 24.1 Å². The molecule has 0 aromatic heterocycles. The largest absolute Gasteiger partial charge is 0.507 e. The second-order valence-corrected chi connectivity index (χ2v) is 5.69. The van der Waals surface area contributed by atoms with Gasteiger partial charge < -0.3 is 15.1 Å². The number of aromatic carboxylic acids is 1. The Morgan fingerprint density at radius 2 is 1.90 bits per heavy atom. The number of nitrogens with zero attached hydrogens (tertiary/aromatic N) is 2. The topological polar surface area (TPSA) is 64.0 Å². The van der Waals surface area contributed by atoms with Gasteiger partial charge in [0.25, 0.3) is 0 Å². The van der Waals surface area contributed by atoms with Crippen LogP contribution in [0.3, 0.4) is 0 Å². The molecule has 1 fully saturated rings. The van der Waals surface area contributed by atoms with Crippen LogP contribution in [0, 0.1) is 5.92 Å². The van der Waals surface area contributed by atoms with Gasteiger partial charge in [0.05, 0.1) is 0 Å². The molecule has 1 saturated heterocycles. The van der Waals surface area contributed by atoms with Crippen molar-refractivity contribution in [3.63, 3.8) is 0 Å². The molecular formula is C15H22N2O3. The molecule has 0 radical (unpaired) electrons. The Bertz CT molecular complexity index is 480. The molecule has 110 valence electrons. The smallest absolute Gasteiger partial charge is 0.339 e. The number of aromatic hydroxyl groups is 1. The van der Waals surface area contributed by atoms with Crippen LogP contribution in [0.2, 0.25) is 0 Å². The lowest BCUT2D eigenvalue weighted by Crippen LogP contribution is -2.47. The van der Waals surface area contributed by atoms with Crippen molar-refractivity contribution in [3.8, 4) is 5.75 Å². The van der Waals surface area contributed by atoms with Crippen LogP contribution in [0.4, 0.5) is 5.69 Å². The van der Waals surface area contributed by atoms with Gasteiger partial charge in [0.2, 0.25) is 0 Å². The molecule has 5 heteroatoms. The molecule has 0 bridgehead atoms. The van der Waals surface area contributed by atoms with Crippen molar-refractivity contribution < 1.29 is 15.0 Å². The minimum absolute atomic E-state index is 0.0351. The van der Waals surface area contributed by atoms with Crippen LogP contribution in [-0.4, -0.2) is 53.8 Å². The molecule has 0 spiro atoms. The molecule has 0 aliphatic carbocycles. The summed E-state index contributed by atoms with van der Waals surface area (Å²) in [5.41, 5.74) is 0.830. The van der Waals surface area contributed by atoms with Crippen molar-refractivity contribution in [2.45, 2.75) is 13.8 Å². The monoisotopic (exact) mass is 278 g/mol. The predicted octanol–water partition coefficient (Wildman–Crippen LogP) is 1.87. The first-order chi connectivity index (χ1) is 9.47. The summed E-state index contributed by atoms with van der Waals surface area (Å²) in [5, 5.41) is 18.6. The minimum Gasteiger partial charge on any atom is -0.507 e. The van der Waals surface area contributed by atoms with Crippen molar-refractivity contribution >= 4 is 11.7 Å². The maximum atomic E-state index is 11.0. The van der Waals surface area contributed by atoms with E-state index in [4.69, 9.17) is 5.11 Å². The van der Waals surface area contributed by atoms with Crippen molar-refractivity contribution in [2.75, 3.05) is 37.6 Å². The summed E-state index contributed by atoms with van der Waals surface area (Å²) in [6.07, 6.45) is 0. The Hall–Kier alpha value is -1.75. The van der Waals surface area contributed by atoms with Gasteiger partial charge in [-0.3, -0.25) is 4.90 Å². The van der Waals surface area contributed by atoms with E-state index in [1.54, 1.807) is 12.1 Å². The maximum Gasteiger partial charge on any atom is 0.339 e. The molecule has 0 unspecified atom stereocenters. The standard InChI is InChI=1S/C15H22N2O3/c1-11(2)10-16-5-7-17(8-6-16)12-3-4-14(18)13(9-12)15(19)20/h3-4,9,11,18H,5-8,10H2,1-2H3,(H,19,20).